The number of nitrogens with zero attached hydrogens (tertiary/aromatic N) is 5. The summed E-state index contributed by atoms with van der Waals surface area (Å²) in [5.74, 6) is -0.497. The normalized spacial score (nSPS) is 22.1. The van der Waals surface area contributed by atoms with Crippen molar-refractivity contribution in [3.05, 3.63) is 34.9 Å². The minimum Gasteiger partial charge on any atom is -0.459 e. The average molecular weight is 601 g/mol. The van der Waals surface area contributed by atoms with Gasteiger partial charge < -0.3 is 26.0 Å². The standard InChI is InChI=1S/C28H31ClF2N8OS/c1-14(11-38-8-6-33-7-9-38)40-28-36-23-18(26(37-28)39-12-15-2-3-16(13-39)34-15)10-19(29)21(22(23)31)17-4-5-20(30)25-24(17)35-27(32)41-25/h4-5,10,14-16,33-34H,2-3,6-9,11-13H2,1H3,(H2,32,35). The van der Waals surface area contributed by atoms with E-state index in [1.54, 1.807) is 6.07 Å². The van der Waals surface area contributed by atoms with Crippen LogP contribution in [0, 0.1) is 11.6 Å². The van der Waals surface area contributed by atoms with E-state index in [2.05, 4.69) is 30.4 Å². The van der Waals surface area contributed by atoms with Gasteiger partial charge in [-0.3, -0.25) is 4.90 Å². The molecule has 4 N–H and O–H groups in total. The molecule has 0 radical (unpaired) electrons. The van der Waals surface area contributed by atoms with Gasteiger partial charge in [-0.2, -0.15) is 9.97 Å². The van der Waals surface area contributed by atoms with Gasteiger partial charge in [0.1, 0.15) is 23.3 Å². The summed E-state index contributed by atoms with van der Waals surface area (Å²) >= 11 is 7.80. The average Bonchev–Trinajstić information content (AvgIpc) is 3.51. The molecule has 3 saturated heterocycles. The summed E-state index contributed by atoms with van der Waals surface area (Å²) in [5, 5.41) is 7.86. The van der Waals surface area contributed by atoms with E-state index in [1.165, 1.54) is 12.1 Å². The Bertz CT molecular complexity index is 1620. The lowest BCUT2D eigenvalue weighted by Gasteiger charge is -2.34. The predicted octanol–water partition coefficient (Wildman–Crippen LogP) is 4.03. The summed E-state index contributed by atoms with van der Waals surface area (Å²) in [4.78, 5) is 18.2. The molecule has 3 unspecified atom stereocenters. The summed E-state index contributed by atoms with van der Waals surface area (Å²) in [6, 6.07) is 5.27. The second-order valence-electron chi connectivity index (χ2n) is 11.1. The van der Waals surface area contributed by atoms with Gasteiger partial charge in [0.15, 0.2) is 10.9 Å². The molecule has 3 atom stereocenters. The van der Waals surface area contributed by atoms with Crippen LogP contribution in [0.5, 0.6) is 6.01 Å². The first-order valence-electron chi connectivity index (χ1n) is 14.0. The van der Waals surface area contributed by atoms with Crippen LogP contribution in [-0.2, 0) is 0 Å². The molecule has 3 aliphatic heterocycles. The van der Waals surface area contributed by atoms with E-state index in [4.69, 9.17) is 27.1 Å². The molecule has 3 fully saturated rings. The number of piperazine rings is 2. The molecule has 216 valence electrons. The maximum absolute atomic E-state index is 16.6. The van der Waals surface area contributed by atoms with E-state index in [1.807, 2.05) is 6.92 Å². The van der Waals surface area contributed by atoms with Crippen molar-refractivity contribution < 1.29 is 13.5 Å². The zero-order chi connectivity index (χ0) is 28.2. The molecule has 13 heteroatoms. The zero-order valence-corrected chi connectivity index (χ0v) is 24.2. The number of rotatable bonds is 6. The van der Waals surface area contributed by atoms with Crippen molar-refractivity contribution >= 4 is 55.0 Å². The van der Waals surface area contributed by atoms with E-state index >= 15 is 4.39 Å². The first kappa shape index (κ1) is 27.0. The monoisotopic (exact) mass is 600 g/mol. The molecule has 0 aliphatic carbocycles. The number of ether oxygens (including phenoxy) is 1. The molecule has 0 saturated carbocycles. The number of halogens is 3. The third kappa shape index (κ3) is 5.05. The second kappa shape index (κ2) is 10.7. The maximum Gasteiger partial charge on any atom is 0.319 e. The lowest BCUT2D eigenvalue weighted by atomic mass is 10.0. The number of fused-ring (bicyclic) bond motifs is 4. The molecule has 5 heterocycles. The fourth-order valence-corrected chi connectivity index (χ4v) is 7.40. The Morgan fingerprint density at radius 2 is 1.88 bits per heavy atom. The summed E-state index contributed by atoms with van der Waals surface area (Å²) in [7, 11) is 0. The van der Waals surface area contributed by atoms with Crippen LogP contribution in [0.2, 0.25) is 5.02 Å². The first-order valence-corrected chi connectivity index (χ1v) is 15.2. The van der Waals surface area contributed by atoms with Crippen LogP contribution >= 0.6 is 22.9 Å². The van der Waals surface area contributed by atoms with Crippen LogP contribution in [0.25, 0.3) is 32.2 Å². The highest BCUT2D eigenvalue weighted by Crippen LogP contribution is 2.43. The Morgan fingerprint density at radius 3 is 2.63 bits per heavy atom. The predicted molar refractivity (Wildman–Crippen MR) is 159 cm³/mol. The molecule has 2 aromatic heterocycles. The number of hydrogen-bond donors (Lipinski definition) is 3. The second-order valence-corrected chi connectivity index (χ2v) is 12.6. The minimum atomic E-state index is -0.631. The van der Waals surface area contributed by atoms with Crippen molar-refractivity contribution in [3.8, 4) is 17.1 Å². The summed E-state index contributed by atoms with van der Waals surface area (Å²) in [5.41, 5.74) is 6.72. The summed E-state index contributed by atoms with van der Waals surface area (Å²) < 4.78 is 37.7. The number of anilines is 2. The van der Waals surface area contributed by atoms with Crippen LogP contribution in [0.4, 0.5) is 19.7 Å². The quantitative estimate of drug-likeness (QED) is 0.303. The topological polar surface area (TPSA) is 104 Å². The lowest BCUT2D eigenvalue weighted by molar-refractivity contribution is 0.127. The highest BCUT2D eigenvalue weighted by Gasteiger charge is 2.34. The number of nitrogens with two attached hydrogens (primary N) is 1. The minimum absolute atomic E-state index is 0.0966. The van der Waals surface area contributed by atoms with Gasteiger partial charge in [0, 0.05) is 74.4 Å². The molecule has 41 heavy (non-hydrogen) atoms. The smallest absolute Gasteiger partial charge is 0.319 e. The fraction of sp³-hybridized carbons (Fsp3) is 0.464. The SMILES string of the molecule is CC(CN1CCNCC1)Oc1nc(N2CC3CCC(C2)N3)c2cc(Cl)c(-c3ccc(F)c4sc(N)nc34)c(F)c2n1. The summed E-state index contributed by atoms with van der Waals surface area (Å²) in [6.45, 7) is 7.92. The van der Waals surface area contributed by atoms with Crippen molar-refractivity contribution in [2.75, 3.05) is 56.4 Å². The molecular formula is C28H31ClF2N8OS. The molecule has 3 aliphatic rings. The molecular weight excluding hydrogens is 570 g/mol. The Hall–Kier alpha value is -2.90. The van der Waals surface area contributed by atoms with Gasteiger partial charge in [0.05, 0.1) is 15.2 Å². The number of thiazole rings is 1. The highest BCUT2D eigenvalue weighted by atomic mass is 35.5. The van der Waals surface area contributed by atoms with Gasteiger partial charge in [0.2, 0.25) is 0 Å². The molecule has 2 aromatic carbocycles. The van der Waals surface area contributed by atoms with Gasteiger partial charge in [-0.25, -0.2) is 13.8 Å². The van der Waals surface area contributed by atoms with Crippen LogP contribution in [-0.4, -0.2) is 83.9 Å². The molecule has 0 spiro atoms. The van der Waals surface area contributed by atoms with Crippen molar-refractivity contribution in [2.24, 2.45) is 0 Å². The Morgan fingerprint density at radius 1 is 1.12 bits per heavy atom. The van der Waals surface area contributed by atoms with Gasteiger partial charge in [-0.15, -0.1) is 0 Å². The Labute approximate surface area is 245 Å². The van der Waals surface area contributed by atoms with Crippen LogP contribution in [0.1, 0.15) is 19.8 Å². The zero-order valence-electron chi connectivity index (χ0n) is 22.6. The van der Waals surface area contributed by atoms with Gasteiger partial charge in [-0.05, 0) is 38.0 Å². The summed E-state index contributed by atoms with van der Waals surface area (Å²) in [6.07, 6.45) is 1.97. The van der Waals surface area contributed by atoms with E-state index in [0.29, 0.717) is 35.4 Å². The van der Waals surface area contributed by atoms with Gasteiger partial charge >= 0.3 is 6.01 Å². The molecule has 4 aromatic rings. The molecule has 9 nitrogen and oxygen atoms in total. The maximum atomic E-state index is 16.6. The number of nitrogen functional groups attached to an aromatic ring is 1. The fourth-order valence-electron chi connectivity index (χ4n) is 6.34. The van der Waals surface area contributed by atoms with E-state index < -0.39 is 11.6 Å². The molecule has 7 rings (SSSR count). The van der Waals surface area contributed by atoms with E-state index in [0.717, 1.165) is 63.4 Å². The number of benzene rings is 2. The van der Waals surface area contributed by atoms with Crippen molar-refractivity contribution in [1.29, 1.82) is 0 Å². The number of aromatic nitrogens is 3. The third-order valence-electron chi connectivity index (χ3n) is 8.17. The first-order chi connectivity index (χ1) is 19.8. The van der Waals surface area contributed by atoms with Gasteiger partial charge in [-0.1, -0.05) is 22.9 Å². The van der Waals surface area contributed by atoms with Crippen molar-refractivity contribution in [2.45, 2.75) is 38.0 Å². The Balaban J connectivity index is 1.34. The molecule has 2 bridgehead atoms. The van der Waals surface area contributed by atoms with E-state index in [9.17, 15) is 4.39 Å². The van der Waals surface area contributed by atoms with Crippen molar-refractivity contribution in [3.63, 3.8) is 0 Å². The van der Waals surface area contributed by atoms with Gasteiger partial charge in [0.25, 0.3) is 0 Å². The number of hydrogen-bond acceptors (Lipinski definition) is 10. The van der Waals surface area contributed by atoms with Crippen molar-refractivity contribution in [1.82, 2.24) is 30.5 Å². The third-order valence-corrected chi connectivity index (χ3v) is 9.36. The van der Waals surface area contributed by atoms with Crippen LogP contribution in [0.3, 0.4) is 0 Å². The van der Waals surface area contributed by atoms with Crippen LogP contribution < -0.4 is 26.0 Å². The van der Waals surface area contributed by atoms with Crippen LogP contribution in [0.15, 0.2) is 18.2 Å². The largest absolute Gasteiger partial charge is 0.459 e. The number of nitrogens with one attached hydrogen (secondary N) is 2. The molecule has 0 amide bonds. The van der Waals surface area contributed by atoms with E-state index in [-0.39, 0.29) is 43.6 Å². The highest BCUT2D eigenvalue weighted by molar-refractivity contribution is 7.22. The Kier molecular flexibility index (Phi) is 7.06. The lowest BCUT2D eigenvalue weighted by Crippen LogP contribution is -2.51.